The quantitative estimate of drug-likeness (QED) is 0.159. The summed E-state index contributed by atoms with van der Waals surface area (Å²) in [6, 6.07) is 92.9. The second-order valence-electron chi connectivity index (χ2n) is 17.9. The van der Waals surface area contributed by atoms with Crippen molar-refractivity contribution in [3.05, 3.63) is 277 Å². The normalized spacial score (nSPS) is 12.8. The number of aromatic nitrogens is 1. The van der Waals surface area contributed by atoms with Gasteiger partial charge in [0, 0.05) is 44.0 Å². The standard InChI is InChI=1S/C65H42N2O/c1-4-19-45(20-5-1)65(46-21-6-2-7-22-46)57-30-14-12-27-55(57)62-50(28-16-31-58(62)65)44-34-37-48(38-35-44)66(61-33-17-29-53-54-40-36-43-18-10-11-25-51(43)63(54)68-64(53)61)49-39-41-60-56(42-49)52-26-13-15-32-59(52)67(60)47-23-8-3-9-24-47/h1-42H. The zero-order valence-corrected chi connectivity index (χ0v) is 37.1. The van der Waals surface area contributed by atoms with Crippen LogP contribution in [-0.2, 0) is 5.41 Å². The molecule has 14 rings (SSSR count). The second-order valence-corrected chi connectivity index (χ2v) is 17.9. The highest BCUT2D eigenvalue weighted by molar-refractivity contribution is 6.18. The van der Waals surface area contributed by atoms with Gasteiger partial charge < -0.3 is 13.9 Å². The van der Waals surface area contributed by atoms with Crippen LogP contribution in [0, 0.1) is 0 Å². The molecular formula is C65H42N2O. The number of fused-ring (bicyclic) bond motifs is 11. The summed E-state index contributed by atoms with van der Waals surface area (Å²) in [7, 11) is 0. The van der Waals surface area contributed by atoms with Crippen LogP contribution in [0.3, 0.4) is 0 Å². The molecule has 0 aliphatic heterocycles. The van der Waals surface area contributed by atoms with Crippen molar-refractivity contribution in [1.29, 1.82) is 0 Å². The number of furan rings is 1. The third-order valence-corrected chi connectivity index (χ3v) is 14.5. The van der Waals surface area contributed by atoms with Gasteiger partial charge in [0.2, 0.25) is 0 Å². The molecule has 0 saturated carbocycles. The van der Waals surface area contributed by atoms with E-state index in [2.05, 4.69) is 264 Å². The van der Waals surface area contributed by atoms with Crippen LogP contribution in [0.25, 0.3) is 82.5 Å². The van der Waals surface area contributed by atoms with Crippen LogP contribution < -0.4 is 4.90 Å². The molecule has 1 aliphatic carbocycles. The monoisotopic (exact) mass is 866 g/mol. The first-order chi connectivity index (χ1) is 33.8. The zero-order valence-electron chi connectivity index (χ0n) is 37.1. The molecule has 0 spiro atoms. The van der Waals surface area contributed by atoms with Gasteiger partial charge in [-0.25, -0.2) is 0 Å². The van der Waals surface area contributed by atoms with Gasteiger partial charge in [0.15, 0.2) is 5.58 Å². The smallest absolute Gasteiger partial charge is 0.159 e. The lowest BCUT2D eigenvalue weighted by Crippen LogP contribution is -2.28. The van der Waals surface area contributed by atoms with Crippen LogP contribution in [0.4, 0.5) is 17.1 Å². The van der Waals surface area contributed by atoms with E-state index in [0.717, 1.165) is 66.5 Å². The Morgan fingerprint density at radius 3 is 1.75 bits per heavy atom. The Hall–Kier alpha value is -8.92. The van der Waals surface area contributed by atoms with Gasteiger partial charge in [-0.3, -0.25) is 0 Å². The highest BCUT2D eigenvalue weighted by atomic mass is 16.3. The maximum absolute atomic E-state index is 7.06. The van der Waals surface area contributed by atoms with E-state index in [4.69, 9.17) is 4.42 Å². The first kappa shape index (κ1) is 38.4. The molecule has 0 atom stereocenters. The van der Waals surface area contributed by atoms with E-state index in [-0.39, 0.29) is 0 Å². The zero-order chi connectivity index (χ0) is 44.8. The van der Waals surface area contributed by atoms with Crippen molar-refractivity contribution >= 4 is 71.6 Å². The summed E-state index contributed by atoms with van der Waals surface area (Å²) in [6.07, 6.45) is 0. The van der Waals surface area contributed by atoms with Crippen molar-refractivity contribution in [2.75, 3.05) is 4.90 Å². The Labute approximate surface area is 394 Å². The molecule has 2 aromatic heterocycles. The number of anilines is 3. The molecule has 3 nitrogen and oxygen atoms in total. The number of rotatable bonds is 7. The fourth-order valence-corrected chi connectivity index (χ4v) is 11.6. The molecule has 0 N–H and O–H groups in total. The number of nitrogens with zero attached hydrogens (tertiary/aromatic N) is 2. The van der Waals surface area contributed by atoms with Crippen LogP contribution in [0.15, 0.2) is 259 Å². The molecule has 0 saturated heterocycles. The van der Waals surface area contributed by atoms with Crippen molar-refractivity contribution < 1.29 is 4.42 Å². The minimum absolute atomic E-state index is 0.472. The maximum Gasteiger partial charge on any atom is 0.159 e. The fourth-order valence-electron chi connectivity index (χ4n) is 11.6. The van der Waals surface area contributed by atoms with Gasteiger partial charge in [0.1, 0.15) is 5.58 Å². The Bertz CT molecular complexity index is 4030. The number of hydrogen-bond acceptors (Lipinski definition) is 2. The molecule has 13 aromatic rings. The number of para-hydroxylation sites is 3. The van der Waals surface area contributed by atoms with Gasteiger partial charge in [-0.15, -0.1) is 0 Å². The van der Waals surface area contributed by atoms with Crippen LogP contribution in [0.5, 0.6) is 0 Å². The van der Waals surface area contributed by atoms with Gasteiger partial charge in [-0.05, 0) is 111 Å². The second kappa shape index (κ2) is 15.1. The van der Waals surface area contributed by atoms with E-state index in [1.165, 1.54) is 55.2 Å². The van der Waals surface area contributed by atoms with E-state index in [9.17, 15) is 0 Å². The summed E-state index contributed by atoms with van der Waals surface area (Å²) >= 11 is 0. The minimum atomic E-state index is -0.472. The molecule has 11 aromatic carbocycles. The van der Waals surface area contributed by atoms with Crippen LogP contribution in [-0.4, -0.2) is 4.57 Å². The highest BCUT2D eigenvalue weighted by Gasteiger charge is 2.46. The molecular weight excluding hydrogens is 825 g/mol. The van der Waals surface area contributed by atoms with Gasteiger partial charge in [0.25, 0.3) is 0 Å². The lowest BCUT2D eigenvalue weighted by Gasteiger charge is -2.34. The molecule has 0 fully saturated rings. The maximum atomic E-state index is 7.06. The number of benzene rings is 11. The van der Waals surface area contributed by atoms with Crippen molar-refractivity contribution in [2.24, 2.45) is 0 Å². The molecule has 1 aliphatic rings. The summed E-state index contributed by atoms with van der Waals surface area (Å²) in [5, 5.41) is 6.86. The van der Waals surface area contributed by atoms with Gasteiger partial charge in [-0.2, -0.15) is 0 Å². The Balaban J connectivity index is 0.981. The molecule has 0 amide bonds. The first-order valence-corrected chi connectivity index (χ1v) is 23.4. The van der Waals surface area contributed by atoms with Crippen molar-refractivity contribution in [1.82, 2.24) is 4.57 Å². The summed E-state index contributed by atoms with van der Waals surface area (Å²) < 4.78 is 9.44. The molecule has 318 valence electrons. The van der Waals surface area contributed by atoms with Gasteiger partial charge >= 0.3 is 0 Å². The van der Waals surface area contributed by atoms with Crippen LogP contribution in [0.2, 0.25) is 0 Å². The molecule has 0 unspecified atom stereocenters. The molecule has 3 heteroatoms. The molecule has 2 heterocycles. The van der Waals surface area contributed by atoms with E-state index >= 15 is 0 Å². The van der Waals surface area contributed by atoms with Crippen LogP contribution >= 0.6 is 0 Å². The van der Waals surface area contributed by atoms with E-state index in [0.29, 0.717) is 0 Å². The van der Waals surface area contributed by atoms with Gasteiger partial charge in [0.05, 0.1) is 22.1 Å². The predicted molar refractivity (Wildman–Crippen MR) is 283 cm³/mol. The third kappa shape index (κ3) is 5.54. The summed E-state index contributed by atoms with van der Waals surface area (Å²) in [5.74, 6) is 0. The minimum Gasteiger partial charge on any atom is -0.453 e. The third-order valence-electron chi connectivity index (χ3n) is 14.5. The lowest BCUT2D eigenvalue weighted by molar-refractivity contribution is 0.673. The van der Waals surface area contributed by atoms with Crippen LogP contribution in [0.1, 0.15) is 22.3 Å². The molecule has 0 bridgehead atoms. The van der Waals surface area contributed by atoms with E-state index in [1.54, 1.807) is 0 Å². The van der Waals surface area contributed by atoms with E-state index < -0.39 is 5.41 Å². The largest absolute Gasteiger partial charge is 0.453 e. The Morgan fingerprint density at radius 2 is 0.956 bits per heavy atom. The Kier molecular flexibility index (Phi) is 8.50. The molecule has 0 radical (unpaired) electrons. The summed E-state index contributed by atoms with van der Waals surface area (Å²) in [5.41, 5.74) is 17.9. The average molecular weight is 867 g/mol. The highest BCUT2D eigenvalue weighted by Crippen LogP contribution is 2.58. The lowest BCUT2D eigenvalue weighted by atomic mass is 9.67. The fraction of sp³-hybridized carbons (Fsp3) is 0.0154. The first-order valence-electron chi connectivity index (χ1n) is 23.4. The summed E-state index contributed by atoms with van der Waals surface area (Å²) in [4.78, 5) is 2.38. The Morgan fingerprint density at radius 1 is 0.368 bits per heavy atom. The van der Waals surface area contributed by atoms with Crippen molar-refractivity contribution in [3.63, 3.8) is 0 Å². The molecule has 68 heavy (non-hydrogen) atoms. The van der Waals surface area contributed by atoms with Crippen molar-refractivity contribution in [3.8, 4) is 27.9 Å². The SMILES string of the molecule is c1ccc(-n2c3ccccc3c3cc(N(c4ccc(-c5cccc6c5-c5ccccc5C6(c5ccccc5)c5ccccc5)cc4)c4cccc5c4oc4c6ccccc6ccc54)ccc32)cc1. The topological polar surface area (TPSA) is 21.3 Å². The summed E-state index contributed by atoms with van der Waals surface area (Å²) in [6.45, 7) is 0. The average Bonchev–Trinajstić information content (AvgIpc) is 4.07. The predicted octanol–water partition coefficient (Wildman–Crippen LogP) is 17.3. The number of hydrogen-bond donors (Lipinski definition) is 0. The van der Waals surface area contributed by atoms with E-state index in [1.807, 2.05) is 0 Å². The van der Waals surface area contributed by atoms with Gasteiger partial charge in [-0.1, -0.05) is 194 Å². The van der Waals surface area contributed by atoms with Crippen molar-refractivity contribution in [2.45, 2.75) is 5.41 Å².